The second kappa shape index (κ2) is 5.37. The van der Waals surface area contributed by atoms with Gasteiger partial charge in [-0.2, -0.15) is 0 Å². The molecule has 3 rings (SSSR count). The lowest BCUT2D eigenvalue weighted by molar-refractivity contribution is 0.0520. The molecule has 6 nitrogen and oxygen atoms in total. The summed E-state index contributed by atoms with van der Waals surface area (Å²) in [5.74, 6) is -0.404. The number of aliphatic hydroxyl groups excluding tert-OH is 1. The molecule has 0 amide bonds. The van der Waals surface area contributed by atoms with Gasteiger partial charge in [0.25, 0.3) is 0 Å². The third kappa shape index (κ3) is 2.47. The summed E-state index contributed by atoms with van der Waals surface area (Å²) in [6.45, 7) is 5.58. The number of carbonyl (C=O) groups is 1. The van der Waals surface area contributed by atoms with Crippen LogP contribution in [0.4, 0.5) is 5.69 Å². The monoisotopic (exact) mass is 289 g/mol. The molecule has 6 heteroatoms. The first-order valence-corrected chi connectivity index (χ1v) is 7.19. The summed E-state index contributed by atoms with van der Waals surface area (Å²) in [4.78, 5) is 18.2. The molecule has 0 radical (unpaired) electrons. The van der Waals surface area contributed by atoms with Gasteiger partial charge in [0.15, 0.2) is 5.69 Å². The molecule has 1 atom stereocenters. The largest absolute Gasteiger partial charge is 0.461 e. The molecule has 1 unspecified atom stereocenters. The van der Waals surface area contributed by atoms with Crippen LogP contribution in [0.1, 0.15) is 29.5 Å². The smallest absolute Gasteiger partial charge is 0.358 e. The minimum Gasteiger partial charge on any atom is -0.461 e. The topological polar surface area (TPSA) is 67.1 Å². The van der Waals surface area contributed by atoms with Crippen LogP contribution in [0.25, 0.3) is 5.65 Å². The molecule has 1 aliphatic rings. The van der Waals surface area contributed by atoms with Crippen molar-refractivity contribution in [3.63, 3.8) is 0 Å². The molecule has 1 N–H and O–H groups in total. The summed E-state index contributed by atoms with van der Waals surface area (Å²) in [5.41, 5.74) is 3.11. The molecule has 112 valence electrons. The zero-order valence-electron chi connectivity index (χ0n) is 12.2. The van der Waals surface area contributed by atoms with Crippen molar-refractivity contribution >= 4 is 17.3 Å². The average molecular weight is 289 g/mol. The molecule has 1 fully saturated rings. The van der Waals surface area contributed by atoms with E-state index in [1.165, 1.54) is 0 Å². The molecule has 0 aromatic carbocycles. The maximum Gasteiger partial charge on any atom is 0.358 e. The van der Waals surface area contributed by atoms with Gasteiger partial charge in [-0.3, -0.25) is 0 Å². The number of β-amino-alcohol motifs (C(OH)–C–C–N with tert-alkyl or cyclic N) is 1. The van der Waals surface area contributed by atoms with E-state index in [1.54, 1.807) is 13.1 Å². The third-order valence-corrected chi connectivity index (χ3v) is 3.84. The van der Waals surface area contributed by atoms with Gasteiger partial charge < -0.3 is 19.1 Å². The van der Waals surface area contributed by atoms with Crippen molar-refractivity contribution in [3.05, 3.63) is 29.7 Å². The normalized spacial score (nSPS) is 18.4. The summed E-state index contributed by atoms with van der Waals surface area (Å²) in [5, 5.41) is 9.68. The maximum absolute atomic E-state index is 11.8. The third-order valence-electron chi connectivity index (χ3n) is 3.84. The van der Waals surface area contributed by atoms with Crippen LogP contribution in [0.15, 0.2) is 18.3 Å². The first kappa shape index (κ1) is 13.9. The Labute approximate surface area is 123 Å². The fourth-order valence-corrected chi connectivity index (χ4v) is 2.78. The highest BCUT2D eigenvalue weighted by atomic mass is 16.5. The summed E-state index contributed by atoms with van der Waals surface area (Å²) in [6.07, 6.45) is 2.23. The predicted octanol–water partition coefficient (Wildman–Crippen LogP) is 1.39. The van der Waals surface area contributed by atoms with E-state index in [1.807, 2.05) is 23.5 Å². The average Bonchev–Trinajstić information content (AvgIpc) is 3.06. The Hall–Kier alpha value is -2.08. The minimum atomic E-state index is -0.404. The van der Waals surface area contributed by atoms with E-state index in [2.05, 4.69) is 9.88 Å². The molecule has 2 aromatic rings. The van der Waals surface area contributed by atoms with E-state index in [0.717, 1.165) is 30.0 Å². The number of aryl methyl sites for hydroxylation is 1. The van der Waals surface area contributed by atoms with Crippen molar-refractivity contribution in [2.75, 3.05) is 24.6 Å². The first-order chi connectivity index (χ1) is 10.1. The Morgan fingerprint density at radius 1 is 1.52 bits per heavy atom. The van der Waals surface area contributed by atoms with Gasteiger partial charge in [-0.05, 0) is 32.4 Å². The van der Waals surface area contributed by atoms with Gasteiger partial charge in [0, 0.05) is 25.0 Å². The summed E-state index contributed by atoms with van der Waals surface area (Å²) in [6, 6.07) is 3.88. The molecule has 1 aliphatic heterocycles. The Morgan fingerprint density at radius 3 is 3.00 bits per heavy atom. The van der Waals surface area contributed by atoms with E-state index >= 15 is 0 Å². The van der Waals surface area contributed by atoms with Crippen LogP contribution in [0.2, 0.25) is 0 Å². The second-order valence-corrected chi connectivity index (χ2v) is 5.27. The molecular formula is C15H19N3O3. The number of aliphatic hydroxyl groups is 1. The van der Waals surface area contributed by atoms with Crippen LogP contribution >= 0.6 is 0 Å². The zero-order chi connectivity index (χ0) is 15.0. The number of fused-ring (bicyclic) bond motifs is 1. The number of rotatable bonds is 3. The van der Waals surface area contributed by atoms with Gasteiger partial charge in [-0.15, -0.1) is 0 Å². The van der Waals surface area contributed by atoms with Gasteiger partial charge in [0.1, 0.15) is 5.65 Å². The molecule has 1 saturated heterocycles. The van der Waals surface area contributed by atoms with E-state index in [4.69, 9.17) is 4.74 Å². The van der Waals surface area contributed by atoms with Gasteiger partial charge in [-0.25, -0.2) is 9.78 Å². The van der Waals surface area contributed by atoms with Crippen molar-refractivity contribution in [2.45, 2.75) is 26.4 Å². The van der Waals surface area contributed by atoms with Crippen LogP contribution in [-0.4, -0.2) is 46.3 Å². The van der Waals surface area contributed by atoms with Gasteiger partial charge in [0.2, 0.25) is 0 Å². The van der Waals surface area contributed by atoms with E-state index in [9.17, 15) is 9.90 Å². The van der Waals surface area contributed by atoms with Crippen molar-refractivity contribution in [3.8, 4) is 0 Å². The Morgan fingerprint density at radius 2 is 2.33 bits per heavy atom. The number of aromatic nitrogens is 2. The van der Waals surface area contributed by atoms with E-state index in [-0.39, 0.29) is 6.10 Å². The molecule has 0 spiro atoms. The van der Waals surface area contributed by atoms with Crippen LogP contribution < -0.4 is 4.90 Å². The lowest BCUT2D eigenvalue weighted by Gasteiger charge is -2.20. The van der Waals surface area contributed by atoms with E-state index in [0.29, 0.717) is 18.8 Å². The SMILES string of the molecule is CCOC(=O)c1cn2c(C)c(N3CCC(O)C3)ccc2n1. The second-order valence-electron chi connectivity index (χ2n) is 5.27. The molecule has 0 bridgehead atoms. The van der Waals surface area contributed by atoms with Crippen molar-refractivity contribution in [1.29, 1.82) is 0 Å². The van der Waals surface area contributed by atoms with E-state index < -0.39 is 5.97 Å². The van der Waals surface area contributed by atoms with Gasteiger partial charge in [-0.1, -0.05) is 0 Å². The number of hydrogen-bond donors (Lipinski definition) is 1. The lowest BCUT2D eigenvalue weighted by Crippen LogP contribution is -2.22. The molecule has 3 heterocycles. The van der Waals surface area contributed by atoms with Gasteiger partial charge >= 0.3 is 5.97 Å². The Balaban J connectivity index is 1.98. The lowest BCUT2D eigenvalue weighted by atomic mass is 10.3. The number of nitrogens with zero attached hydrogens (tertiary/aromatic N) is 3. The molecular weight excluding hydrogens is 270 g/mol. The summed E-state index contributed by atoms with van der Waals surface area (Å²) >= 11 is 0. The molecule has 0 saturated carbocycles. The Bertz CT molecular complexity index is 680. The highest BCUT2D eigenvalue weighted by Crippen LogP contribution is 2.25. The maximum atomic E-state index is 11.8. The number of hydrogen-bond acceptors (Lipinski definition) is 5. The van der Waals surface area contributed by atoms with Crippen molar-refractivity contribution in [1.82, 2.24) is 9.38 Å². The fourth-order valence-electron chi connectivity index (χ4n) is 2.78. The standard InChI is InChI=1S/C15H19N3O3/c1-3-21-15(20)12-9-18-10(2)13(4-5-14(18)16-12)17-7-6-11(19)8-17/h4-5,9,11,19H,3,6-8H2,1-2H3. The Kier molecular flexibility index (Phi) is 3.55. The summed E-state index contributed by atoms with van der Waals surface area (Å²) in [7, 11) is 0. The minimum absolute atomic E-state index is 0.266. The molecule has 21 heavy (non-hydrogen) atoms. The number of ether oxygens (including phenoxy) is 1. The zero-order valence-corrected chi connectivity index (χ0v) is 12.2. The molecule has 0 aliphatic carbocycles. The molecule has 2 aromatic heterocycles. The highest BCUT2D eigenvalue weighted by molar-refractivity contribution is 5.88. The quantitative estimate of drug-likeness (QED) is 0.865. The number of anilines is 1. The predicted molar refractivity (Wildman–Crippen MR) is 78.7 cm³/mol. The van der Waals surface area contributed by atoms with Crippen LogP contribution in [-0.2, 0) is 4.74 Å². The van der Waals surface area contributed by atoms with Crippen molar-refractivity contribution in [2.24, 2.45) is 0 Å². The first-order valence-electron chi connectivity index (χ1n) is 7.19. The number of imidazole rings is 1. The summed E-state index contributed by atoms with van der Waals surface area (Å²) < 4.78 is 6.88. The van der Waals surface area contributed by atoms with Crippen LogP contribution in [0.3, 0.4) is 0 Å². The van der Waals surface area contributed by atoms with Crippen molar-refractivity contribution < 1.29 is 14.6 Å². The van der Waals surface area contributed by atoms with Crippen LogP contribution in [0, 0.1) is 6.92 Å². The number of pyridine rings is 1. The van der Waals surface area contributed by atoms with Gasteiger partial charge in [0.05, 0.1) is 18.4 Å². The highest BCUT2D eigenvalue weighted by Gasteiger charge is 2.23. The fraction of sp³-hybridized carbons (Fsp3) is 0.467. The van der Waals surface area contributed by atoms with Crippen LogP contribution in [0.5, 0.6) is 0 Å². The number of esters is 1. The number of carbonyl (C=O) groups excluding carboxylic acids is 1.